The van der Waals surface area contributed by atoms with E-state index in [2.05, 4.69) is 12.2 Å². The molecule has 154 valence electrons. The Bertz CT molecular complexity index is 509. The lowest BCUT2D eigenvalue weighted by Gasteiger charge is -2.23. The van der Waals surface area contributed by atoms with Crippen molar-refractivity contribution in [3.8, 4) is 0 Å². The lowest BCUT2D eigenvalue weighted by atomic mass is 10.1. The van der Waals surface area contributed by atoms with Crippen LogP contribution < -0.4 is 5.32 Å². The highest BCUT2D eigenvalue weighted by molar-refractivity contribution is 5.96. The maximum atomic E-state index is 12.0. The first-order valence-corrected chi connectivity index (χ1v) is 9.24. The summed E-state index contributed by atoms with van der Waals surface area (Å²) in [4.78, 5) is 24.5. The van der Waals surface area contributed by atoms with Crippen LogP contribution in [0.4, 0.5) is 0 Å². The van der Waals surface area contributed by atoms with Crippen LogP contribution in [0.1, 0.15) is 89.6 Å². The number of guanidine groups is 1. The number of ether oxygens (including phenoxy) is 1. The topological polar surface area (TPSA) is 82.5 Å². The third kappa shape index (κ3) is 16.2. The summed E-state index contributed by atoms with van der Waals surface area (Å²) >= 11 is 0. The van der Waals surface area contributed by atoms with Gasteiger partial charge in [0.2, 0.25) is 5.91 Å². The van der Waals surface area contributed by atoms with E-state index < -0.39 is 37.0 Å². The maximum absolute atomic E-state index is 12.0. The minimum Gasteiger partial charge on any atom is -0.459 e. The Morgan fingerprint density at radius 2 is 1.62 bits per heavy atom. The Morgan fingerprint density at radius 1 is 1.08 bits per heavy atom. The molecule has 0 aromatic heterocycles. The summed E-state index contributed by atoms with van der Waals surface area (Å²) in [5.74, 6) is -1.81. The third-order valence-electron chi connectivity index (χ3n) is 3.49. The molecule has 0 bridgehead atoms. The molecule has 7 heteroatoms. The summed E-state index contributed by atoms with van der Waals surface area (Å²) in [6.07, 6.45) is 8.98. The van der Waals surface area contributed by atoms with E-state index in [-0.39, 0.29) is 18.8 Å². The molecular weight excluding hydrogens is 354 g/mol. The standard InChI is InChI=1S/C19H37N3O3.ClH/c1-6-7-8-9-10-11-12-13-14-16(23)21-18(20)22(5)15-17(24)25-19(2,3)4;/h6-15H2,1-5H3,(H2,20,21,23);1H/i5D3;. The molecule has 0 aromatic carbocycles. The predicted molar refractivity (Wildman–Crippen MR) is 109 cm³/mol. The molecule has 0 aromatic rings. The van der Waals surface area contributed by atoms with Crippen molar-refractivity contribution in [1.82, 2.24) is 10.2 Å². The molecule has 0 fully saturated rings. The van der Waals surface area contributed by atoms with Crippen molar-refractivity contribution >= 4 is 30.2 Å². The number of carbonyl (C=O) groups excluding carboxylic acids is 2. The second-order valence-electron chi connectivity index (χ2n) is 7.29. The zero-order valence-electron chi connectivity index (χ0n) is 19.7. The summed E-state index contributed by atoms with van der Waals surface area (Å²) in [7, 11) is 0. The van der Waals surface area contributed by atoms with Crippen molar-refractivity contribution in [2.75, 3.05) is 13.5 Å². The molecule has 0 aliphatic carbocycles. The predicted octanol–water partition coefficient (Wildman–Crippen LogP) is 4.26. The van der Waals surface area contributed by atoms with Crippen LogP contribution in [0, 0.1) is 5.41 Å². The van der Waals surface area contributed by atoms with E-state index >= 15 is 0 Å². The minimum atomic E-state index is -2.74. The third-order valence-corrected chi connectivity index (χ3v) is 3.49. The first-order chi connectivity index (χ1) is 12.9. The van der Waals surface area contributed by atoms with E-state index in [1.165, 1.54) is 25.7 Å². The van der Waals surface area contributed by atoms with Crippen LogP contribution in [0.5, 0.6) is 0 Å². The minimum absolute atomic E-state index is 0. The van der Waals surface area contributed by atoms with Gasteiger partial charge in [-0.25, -0.2) is 0 Å². The number of esters is 1. The van der Waals surface area contributed by atoms with Gasteiger partial charge in [0.1, 0.15) is 12.1 Å². The Kier molecular flexibility index (Phi) is 12.0. The van der Waals surface area contributed by atoms with Gasteiger partial charge < -0.3 is 9.64 Å². The van der Waals surface area contributed by atoms with Gasteiger partial charge in [0.05, 0.1) is 0 Å². The highest BCUT2D eigenvalue weighted by Gasteiger charge is 2.19. The molecule has 0 rings (SSSR count). The summed E-state index contributed by atoms with van der Waals surface area (Å²) in [6.45, 7) is 3.81. The average molecular weight is 395 g/mol. The zero-order valence-corrected chi connectivity index (χ0v) is 17.5. The molecule has 0 aliphatic heterocycles. The average Bonchev–Trinajstić information content (AvgIpc) is 2.52. The van der Waals surface area contributed by atoms with Crippen LogP contribution >= 0.6 is 12.4 Å². The molecule has 0 saturated heterocycles. The first kappa shape index (κ1) is 21.0. The van der Waals surface area contributed by atoms with Gasteiger partial charge in [0.25, 0.3) is 0 Å². The van der Waals surface area contributed by atoms with Gasteiger partial charge >= 0.3 is 5.97 Å². The summed E-state index contributed by atoms with van der Waals surface area (Å²) in [6, 6.07) is 0. The Hall–Kier alpha value is -1.30. The largest absolute Gasteiger partial charge is 0.459 e. The van der Waals surface area contributed by atoms with Crippen molar-refractivity contribution in [2.24, 2.45) is 0 Å². The first-order valence-electron chi connectivity index (χ1n) is 10.7. The number of nitrogens with one attached hydrogen (secondary N) is 2. The van der Waals surface area contributed by atoms with E-state index in [0.717, 1.165) is 19.3 Å². The summed E-state index contributed by atoms with van der Waals surface area (Å²) in [5.41, 5.74) is -0.764. The normalized spacial score (nSPS) is 12.8. The summed E-state index contributed by atoms with van der Waals surface area (Å²) < 4.78 is 27.6. The Morgan fingerprint density at radius 3 is 2.12 bits per heavy atom. The molecule has 26 heavy (non-hydrogen) atoms. The van der Waals surface area contributed by atoms with Crippen LogP contribution in [0.25, 0.3) is 0 Å². The second kappa shape index (κ2) is 14.8. The number of hydrogen-bond donors (Lipinski definition) is 2. The van der Waals surface area contributed by atoms with Crippen molar-refractivity contribution in [3.05, 3.63) is 0 Å². The monoisotopic (exact) mass is 394 g/mol. The molecule has 0 saturated carbocycles. The van der Waals surface area contributed by atoms with Crippen molar-refractivity contribution in [3.63, 3.8) is 0 Å². The van der Waals surface area contributed by atoms with E-state index in [1.54, 1.807) is 20.8 Å². The molecule has 0 unspecified atom stereocenters. The quantitative estimate of drug-likeness (QED) is 0.237. The van der Waals surface area contributed by atoms with Gasteiger partial charge in [0, 0.05) is 17.5 Å². The lowest BCUT2D eigenvalue weighted by Crippen LogP contribution is -2.44. The fourth-order valence-electron chi connectivity index (χ4n) is 2.26. The SMILES string of the molecule is Cl.[2H]C([2H])([2H])N(CC(=O)OC(C)(C)C)C(=N)NC(=O)CCCCCCCCCC. The van der Waals surface area contributed by atoms with Crippen LogP contribution in [0.2, 0.25) is 0 Å². The molecule has 0 atom stereocenters. The molecule has 0 heterocycles. The van der Waals surface area contributed by atoms with Gasteiger partial charge in [-0.15, -0.1) is 12.4 Å². The number of rotatable bonds is 11. The van der Waals surface area contributed by atoms with Crippen LogP contribution in [-0.4, -0.2) is 41.9 Å². The Balaban J connectivity index is 0. The molecule has 0 aliphatic rings. The van der Waals surface area contributed by atoms with Gasteiger partial charge in [-0.05, 0) is 27.2 Å². The highest BCUT2D eigenvalue weighted by atomic mass is 35.5. The lowest BCUT2D eigenvalue weighted by molar-refractivity contribution is -0.155. The van der Waals surface area contributed by atoms with Crippen LogP contribution in [0.3, 0.4) is 0 Å². The van der Waals surface area contributed by atoms with Gasteiger partial charge in [0.15, 0.2) is 5.96 Å². The Labute approximate surface area is 169 Å². The van der Waals surface area contributed by atoms with E-state index in [4.69, 9.17) is 14.3 Å². The number of hydrogen-bond acceptors (Lipinski definition) is 4. The van der Waals surface area contributed by atoms with Gasteiger partial charge in [-0.1, -0.05) is 51.9 Å². The number of nitrogens with zero attached hydrogens (tertiary/aromatic N) is 1. The molecule has 2 N–H and O–H groups in total. The fraction of sp³-hybridized carbons (Fsp3) is 0.842. The van der Waals surface area contributed by atoms with Crippen molar-refractivity contribution in [2.45, 2.75) is 91.1 Å². The highest BCUT2D eigenvalue weighted by Crippen LogP contribution is 2.09. The molecule has 1 amide bonds. The zero-order chi connectivity index (χ0) is 21.8. The molecule has 0 radical (unpaired) electrons. The molecule has 0 spiro atoms. The summed E-state index contributed by atoms with van der Waals surface area (Å²) in [5, 5.41) is 10.2. The van der Waals surface area contributed by atoms with Crippen LogP contribution in [-0.2, 0) is 14.3 Å². The number of likely N-dealkylation sites (N-methyl/N-ethyl adjacent to an activating group) is 1. The van der Waals surface area contributed by atoms with Crippen molar-refractivity contribution < 1.29 is 18.4 Å². The smallest absolute Gasteiger partial charge is 0.326 e. The van der Waals surface area contributed by atoms with E-state index in [9.17, 15) is 9.59 Å². The number of halogens is 1. The molecule has 6 nitrogen and oxygen atoms in total. The van der Waals surface area contributed by atoms with Crippen molar-refractivity contribution in [1.29, 1.82) is 5.41 Å². The number of carbonyl (C=O) groups is 2. The van der Waals surface area contributed by atoms with Crippen LogP contribution in [0.15, 0.2) is 0 Å². The fourth-order valence-corrected chi connectivity index (χ4v) is 2.26. The van der Waals surface area contributed by atoms with Gasteiger partial charge in [-0.3, -0.25) is 20.3 Å². The van der Waals surface area contributed by atoms with E-state index in [0.29, 0.717) is 11.3 Å². The van der Waals surface area contributed by atoms with E-state index in [1.807, 2.05) is 0 Å². The molecular formula is C19H38ClN3O3. The number of amides is 1. The second-order valence-corrected chi connectivity index (χ2v) is 7.29. The van der Waals surface area contributed by atoms with Gasteiger partial charge in [-0.2, -0.15) is 0 Å². The maximum Gasteiger partial charge on any atom is 0.326 e. The number of unbranched alkanes of at least 4 members (excludes halogenated alkanes) is 7.